The normalized spacial score (nSPS) is 18.2. The number of hydrogen-bond donors (Lipinski definition) is 1. The van der Waals surface area contributed by atoms with Crippen LogP contribution in [0.2, 0.25) is 5.02 Å². The first kappa shape index (κ1) is 17.8. The van der Waals surface area contributed by atoms with Gasteiger partial charge < -0.3 is 10.2 Å². The summed E-state index contributed by atoms with van der Waals surface area (Å²) < 4.78 is 0. The van der Waals surface area contributed by atoms with Gasteiger partial charge in [0.2, 0.25) is 0 Å². The molecule has 5 heteroatoms. The standard InChI is InChI=1S/C20H24ClN3O/c1-16-15-24(20(25)22-19-9-5-8-18(21)14-19)13-12-23(16)11-10-17-6-3-2-4-7-17/h2-9,14,16H,10-13,15H2,1H3,(H,22,25). The maximum Gasteiger partial charge on any atom is 0.321 e. The Kier molecular flexibility index (Phi) is 5.95. The van der Waals surface area contributed by atoms with E-state index in [0.717, 1.165) is 38.3 Å². The van der Waals surface area contributed by atoms with Crippen molar-refractivity contribution in [2.45, 2.75) is 19.4 Å². The summed E-state index contributed by atoms with van der Waals surface area (Å²) in [6.07, 6.45) is 1.04. The molecule has 0 bridgehead atoms. The minimum absolute atomic E-state index is 0.0585. The van der Waals surface area contributed by atoms with E-state index < -0.39 is 0 Å². The average molecular weight is 358 g/mol. The molecule has 1 aliphatic heterocycles. The molecule has 3 rings (SSSR count). The van der Waals surface area contributed by atoms with Crippen LogP contribution < -0.4 is 5.32 Å². The van der Waals surface area contributed by atoms with Crippen molar-refractivity contribution in [2.24, 2.45) is 0 Å². The molecule has 1 unspecified atom stereocenters. The van der Waals surface area contributed by atoms with Crippen LogP contribution in [0.1, 0.15) is 12.5 Å². The van der Waals surface area contributed by atoms with Crippen molar-refractivity contribution >= 4 is 23.3 Å². The van der Waals surface area contributed by atoms with E-state index in [-0.39, 0.29) is 6.03 Å². The number of amides is 2. The van der Waals surface area contributed by atoms with Gasteiger partial charge in [0.15, 0.2) is 0 Å². The van der Waals surface area contributed by atoms with E-state index in [1.165, 1.54) is 5.56 Å². The number of hydrogen-bond acceptors (Lipinski definition) is 2. The number of carbonyl (C=O) groups excluding carboxylic acids is 1. The van der Waals surface area contributed by atoms with Crippen LogP contribution in [0.15, 0.2) is 54.6 Å². The van der Waals surface area contributed by atoms with Gasteiger partial charge in [-0.25, -0.2) is 4.79 Å². The molecule has 0 radical (unpaired) electrons. The SMILES string of the molecule is CC1CN(C(=O)Nc2cccc(Cl)c2)CCN1CCc1ccccc1. The molecular formula is C20H24ClN3O. The number of nitrogens with zero attached hydrogens (tertiary/aromatic N) is 2. The van der Waals surface area contributed by atoms with Crippen LogP contribution in [0.5, 0.6) is 0 Å². The molecule has 1 fully saturated rings. The van der Waals surface area contributed by atoms with Crippen LogP contribution in [0.4, 0.5) is 10.5 Å². The quantitative estimate of drug-likeness (QED) is 0.893. The second-order valence-electron chi connectivity index (χ2n) is 6.51. The highest BCUT2D eigenvalue weighted by molar-refractivity contribution is 6.30. The maximum atomic E-state index is 12.5. The fraction of sp³-hybridized carbons (Fsp3) is 0.350. The maximum absolute atomic E-state index is 12.5. The number of rotatable bonds is 4. The third-order valence-corrected chi connectivity index (χ3v) is 4.89. The molecule has 0 aliphatic carbocycles. The van der Waals surface area contributed by atoms with Gasteiger partial charge in [0.1, 0.15) is 0 Å². The second kappa shape index (κ2) is 8.37. The lowest BCUT2D eigenvalue weighted by Gasteiger charge is -2.39. The predicted octanol–water partition coefficient (Wildman–Crippen LogP) is 4.12. The van der Waals surface area contributed by atoms with E-state index >= 15 is 0 Å². The van der Waals surface area contributed by atoms with E-state index in [1.54, 1.807) is 12.1 Å². The molecule has 0 spiro atoms. The van der Waals surface area contributed by atoms with Gasteiger partial charge in [0.05, 0.1) is 0 Å². The smallest absolute Gasteiger partial charge is 0.321 e. The van der Waals surface area contributed by atoms with Gasteiger partial charge in [-0.2, -0.15) is 0 Å². The van der Waals surface area contributed by atoms with Crippen molar-refractivity contribution in [1.82, 2.24) is 9.80 Å². The zero-order chi connectivity index (χ0) is 17.6. The molecule has 132 valence electrons. The summed E-state index contributed by atoms with van der Waals surface area (Å²) in [4.78, 5) is 16.8. The van der Waals surface area contributed by atoms with E-state index in [9.17, 15) is 4.79 Å². The van der Waals surface area contributed by atoms with Crippen LogP contribution >= 0.6 is 11.6 Å². The molecule has 2 aromatic rings. The molecule has 1 aliphatic rings. The average Bonchev–Trinajstić information content (AvgIpc) is 2.61. The molecule has 2 amide bonds. The number of halogens is 1. The van der Waals surface area contributed by atoms with Gasteiger partial charge in [-0.15, -0.1) is 0 Å². The lowest BCUT2D eigenvalue weighted by Crippen LogP contribution is -2.54. The van der Waals surface area contributed by atoms with Crippen LogP contribution in [-0.4, -0.2) is 48.1 Å². The van der Waals surface area contributed by atoms with Gasteiger partial charge in [0.25, 0.3) is 0 Å². The van der Waals surface area contributed by atoms with Crippen molar-refractivity contribution in [3.05, 3.63) is 65.2 Å². The fourth-order valence-electron chi connectivity index (χ4n) is 3.20. The van der Waals surface area contributed by atoms with Gasteiger partial charge >= 0.3 is 6.03 Å². The summed E-state index contributed by atoms with van der Waals surface area (Å²) >= 11 is 5.97. The summed E-state index contributed by atoms with van der Waals surface area (Å²) in [5.41, 5.74) is 2.09. The summed E-state index contributed by atoms with van der Waals surface area (Å²) in [6, 6.07) is 18.1. The zero-order valence-corrected chi connectivity index (χ0v) is 15.2. The predicted molar refractivity (Wildman–Crippen MR) is 103 cm³/mol. The van der Waals surface area contributed by atoms with E-state index in [4.69, 9.17) is 11.6 Å². The molecule has 1 saturated heterocycles. The monoisotopic (exact) mass is 357 g/mol. The van der Waals surface area contributed by atoms with Gasteiger partial charge in [-0.1, -0.05) is 48.0 Å². The highest BCUT2D eigenvalue weighted by atomic mass is 35.5. The molecule has 25 heavy (non-hydrogen) atoms. The van der Waals surface area contributed by atoms with E-state index in [1.807, 2.05) is 23.1 Å². The van der Waals surface area contributed by atoms with Crippen molar-refractivity contribution < 1.29 is 4.79 Å². The fourth-order valence-corrected chi connectivity index (χ4v) is 3.39. The zero-order valence-electron chi connectivity index (χ0n) is 14.5. The molecule has 4 nitrogen and oxygen atoms in total. The van der Waals surface area contributed by atoms with Crippen LogP contribution in [0.25, 0.3) is 0 Å². The molecule has 0 aromatic heterocycles. The number of urea groups is 1. The van der Waals surface area contributed by atoms with Gasteiger partial charge in [-0.3, -0.25) is 4.90 Å². The molecule has 1 atom stereocenters. The Hall–Kier alpha value is -2.04. The first-order valence-corrected chi connectivity index (χ1v) is 9.09. The van der Waals surface area contributed by atoms with Crippen LogP contribution in [0, 0.1) is 0 Å². The number of benzene rings is 2. The van der Waals surface area contributed by atoms with Crippen molar-refractivity contribution in [1.29, 1.82) is 0 Å². The Bertz CT molecular complexity index is 707. The minimum Gasteiger partial charge on any atom is -0.322 e. The second-order valence-corrected chi connectivity index (χ2v) is 6.94. The molecule has 2 aromatic carbocycles. The number of carbonyl (C=O) groups is 1. The third-order valence-electron chi connectivity index (χ3n) is 4.66. The lowest BCUT2D eigenvalue weighted by atomic mass is 10.1. The largest absolute Gasteiger partial charge is 0.322 e. The molecule has 0 saturated carbocycles. The first-order chi connectivity index (χ1) is 12.1. The molecule has 1 N–H and O–H groups in total. The summed E-state index contributed by atoms with van der Waals surface area (Å²) in [7, 11) is 0. The Balaban J connectivity index is 1.50. The molecule has 1 heterocycles. The Morgan fingerprint density at radius 1 is 1.16 bits per heavy atom. The first-order valence-electron chi connectivity index (χ1n) is 8.71. The van der Waals surface area contributed by atoms with Crippen LogP contribution in [0.3, 0.4) is 0 Å². The van der Waals surface area contributed by atoms with E-state index in [2.05, 4.69) is 41.4 Å². The van der Waals surface area contributed by atoms with E-state index in [0.29, 0.717) is 11.1 Å². The lowest BCUT2D eigenvalue weighted by molar-refractivity contribution is 0.104. The number of anilines is 1. The summed E-state index contributed by atoms with van der Waals surface area (Å²) in [6.45, 7) is 5.59. The highest BCUT2D eigenvalue weighted by Crippen LogP contribution is 2.17. The third kappa shape index (κ3) is 4.97. The van der Waals surface area contributed by atoms with Gasteiger partial charge in [0, 0.05) is 42.9 Å². The van der Waals surface area contributed by atoms with Crippen molar-refractivity contribution in [3.8, 4) is 0 Å². The van der Waals surface area contributed by atoms with Crippen molar-refractivity contribution in [3.63, 3.8) is 0 Å². The minimum atomic E-state index is -0.0585. The summed E-state index contributed by atoms with van der Waals surface area (Å²) in [5, 5.41) is 3.55. The number of nitrogens with one attached hydrogen (secondary N) is 1. The van der Waals surface area contributed by atoms with Crippen LogP contribution in [-0.2, 0) is 6.42 Å². The number of piperazine rings is 1. The van der Waals surface area contributed by atoms with Gasteiger partial charge in [-0.05, 0) is 37.1 Å². The summed E-state index contributed by atoms with van der Waals surface area (Å²) in [5.74, 6) is 0. The molecular weight excluding hydrogens is 334 g/mol. The Labute approximate surface area is 154 Å². The topological polar surface area (TPSA) is 35.6 Å². The van der Waals surface area contributed by atoms with Crippen molar-refractivity contribution in [2.75, 3.05) is 31.5 Å². The Morgan fingerprint density at radius 3 is 2.68 bits per heavy atom. The Morgan fingerprint density at radius 2 is 1.96 bits per heavy atom. The highest BCUT2D eigenvalue weighted by Gasteiger charge is 2.26.